The van der Waals surface area contributed by atoms with Crippen molar-refractivity contribution in [1.29, 1.82) is 0 Å². The summed E-state index contributed by atoms with van der Waals surface area (Å²) in [6, 6.07) is 0. The molecular weight excluding hydrogens is 304 g/mol. The maximum atomic E-state index is 11.3. The highest BCUT2D eigenvalue weighted by Gasteiger charge is 2.18. The SMILES string of the molecule is CC(C)(C)OC(=O)OCCCC[C@H](CON(O)O)ON(O)O. The Labute approximate surface area is 127 Å². The van der Waals surface area contributed by atoms with Crippen LogP contribution in [0.5, 0.6) is 0 Å². The Bertz CT molecular complexity index is 306. The molecule has 132 valence electrons. The minimum atomic E-state index is -0.849. The monoisotopic (exact) mass is 328 g/mol. The Hall–Kier alpha value is -1.05. The molecule has 11 nitrogen and oxygen atoms in total. The summed E-state index contributed by atoms with van der Waals surface area (Å²) in [7, 11) is 0. The standard InChI is InChI=1S/C11H24N2O9/c1-11(2,3)21-10(14)19-7-5-4-6-9(22-13(17)18)8-20-12(15)16/h9,15-18H,4-8H2,1-3H3/t9-/m1/s1. The first-order valence-corrected chi connectivity index (χ1v) is 6.61. The number of ether oxygens (including phenoxy) is 2. The Kier molecular flexibility index (Phi) is 10.1. The molecule has 0 unspecified atom stereocenters. The predicted octanol–water partition coefficient (Wildman–Crippen LogP) is 1.50. The van der Waals surface area contributed by atoms with Gasteiger partial charge in [-0.15, -0.1) is 0 Å². The van der Waals surface area contributed by atoms with E-state index in [1.165, 1.54) is 0 Å². The highest BCUT2D eigenvalue weighted by Crippen LogP contribution is 2.10. The van der Waals surface area contributed by atoms with Gasteiger partial charge in [0.05, 0.1) is 17.4 Å². The second-order valence-electron chi connectivity index (χ2n) is 5.34. The van der Waals surface area contributed by atoms with E-state index < -0.39 is 28.6 Å². The molecule has 0 aromatic carbocycles. The summed E-state index contributed by atoms with van der Waals surface area (Å²) in [4.78, 5) is 20.1. The van der Waals surface area contributed by atoms with Gasteiger partial charge in [-0.2, -0.15) is 0 Å². The van der Waals surface area contributed by atoms with Crippen LogP contribution in [0.4, 0.5) is 4.79 Å². The molecule has 0 heterocycles. The van der Waals surface area contributed by atoms with Gasteiger partial charge in [0, 0.05) is 0 Å². The highest BCUT2D eigenvalue weighted by atomic mass is 17.1. The van der Waals surface area contributed by atoms with E-state index in [1.807, 2.05) is 0 Å². The molecule has 0 aliphatic heterocycles. The van der Waals surface area contributed by atoms with Crippen molar-refractivity contribution in [2.45, 2.75) is 51.7 Å². The summed E-state index contributed by atoms with van der Waals surface area (Å²) >= 11 is 0. The molecule has 0 aliphatic carbocycles. The number of hydrogen-bond donors (Lipinski definition) is 4. The van der Waals surface area contributed by atoms with Crippen molar-refractivity contribution >= 4 is 6.16 Å². The van der Waals surface area contributed by atoms with Gasteiger partial charge >= 0.3 is 6.16 Å². The van der Waals surface area contributed by atoms with Gasteiger partial charge in [-0.25, -0.2) is 14.5 Å². The van der Waals surface area contributed by atoms with Gasteiger partial charge in [0.15, 0.2) is 0 Å². The average Bonchev–Trinajstić information content (AvgIpc) is 2.32. The van der Waals surface area contributed by atoms with Crippen molar-refractivity contribution in [1.82, 2.24) is 10.8 Å². The normalized spacial score (nSPS) is 13.5. The summed E-state index contributed by atoms with van der Waals surface area (Å²) < 4.78 is 9.79. The van der Waals surface area contributed by atoms with Crippen LogP contribution < -0.4 is 0 Å². The van der Waals surface area contributed by atoms with Crippen LogP contribution in [-0.2, 0) is 19.1 Å². The quantitative estimate of drug-likeness (QED) is 0.263. The van der Waals surface area contributed by atoms with E-state index in [-0.39, 0.29) is 19.6 Å². The predicted molar refractivity (Wildman–Crippen MR) is 67.7 cm³/mol. The lowest BCUT2D eigenvalue weighted by Crippen LogP contribution is -2.31. The van der Waals surface area contributed by atoms with Gasteiger partial charge in [-0.1, -0.05) is 0 Å². The van der Waals surface area contributed by atoms with Crippen LogP contribution >= 0.6 is 0 Å². The van der Waals surface area contributed by atoms with Crippen LogP contribution in [-0.4, -0.2) is 62.7 Å². The summed E-state index contributed by atoms with van der Waals surface area (Å²) in [5, 5.41) is 32.9. The summed E-state index contributed by atoms with van der Waals surface area (Å²) in [6.45, 7) is 4.94. The minimum absolute atomic E-state index is 0.122. The van der Waals surface area contributed by atoms with Gasteiger partial charge in [-0.05, 0) is 40.0 Å². The Balaban J connectivity index is 3.85. The minimum Gasteiger partial charge on any atom is -0.434 e. The van der Waals surface area contributed by atoms with E-state index in [0.717, 1.165) is 0 Å². The van der Waals surface area contributed by atoms with Gasteiger partial charge < -0.3 is 9.47 Å². The molecule has 0 rings (SSSR count). The van der Waals surface area contributed by atoms with Crippen molar-refractivity contribution in [3.63, 3.8) is 0 Å². The van der Waals surface area contributed by atoms with E-state index in [9.17, 15) is 4.79 Å². The van der Waals surface area contributed by atoms with E-state index in [1.54, 1.807) is 20.8 Å². The largest absolute Gasteiger partial charge is 0.508 e. The van der Waals surface area contributed by atoms with Gasteiger partial charge in [0.25, 0.3) is 0 Å². The number of unbranched alkanes of at least 4 members (excludes halogenated alkanes) is 1. The fourth-order valence-corrected chi connectivity index (χ4v) is 1.36. The zero-order chi connectivity index (χ0) is 17.2. The molecule has 0 aliphatic rings. The van der Waals surface area contributed by atoms with Crippen LogP contribution in [0.15, 0.2) is 0 Å². The summed E-state index contributed by atoms with van der Waals surface area (Å²) in [5.74, 6) is 0. The number of nitrogens with zero attached hydrogens (tertiary/aromatic N) is 2. The zero-order valence-electron chi connectivity index (χ0n) is 12.8. The van der Waals surface area contributed by atoms with Crippen LogP contribution in [0.2, 0.25) is 0 Å². The molecule has 0 fully saturated rings. The first-order valence-electron chi connectivity index (χ1n) is 6.61. The molecule has 1 atom stereocenters. The number of carbonyl (C=O) groups excluding carboxylic acids is 1. The van der Waals surface area contributed by atoms with Crippen molar-refractivity contribution in [3.8, 4) is 0 Å². The van der Waals surface area contributed by atoms with Crippen LogP contribution in [0, 0.1) is 0 Å². The highest BCUT2D eigenvalue weighted by molar-refractivity contribution is 5.60. The van der Waals surface area contributed by atoms with Crippen molar-refractivity contribution in [2.24, 2.45) is 0 Å². The van der Waals surface area contributed by atoms with Crippen molar-refractivity contribution in [2.75, 3.05) is 13.2 Å². The van der Waals surface area contributed by atoms with E-state index in [4.69, 9.17) is 30.3 Å². The lowest BCUT2D eigenvalue weighted by atomic mass is 10.2. The molecule has 4 N–H and O–H groups in total. The molecule has 22 heavy (non-hydrogen) atoms. The van der Waals surface area contributed by atoms with E-state index in [0.29, 0.717) is 12.8 Å². The lowest BCUT2D eigenvalue weighted by Gasteiger charge is -2.19. The molecule has 0 saturated carbocycles. The molecule has 0 aromatic heterocycles. The Morgan fingerprint density at radius 3 is 2.23 bits per heavy atom. The Morgan fingerprint density at radius 2 is 1.73 bits per heavy atom. The number of carbonyl (C=O) groups is 1. The summed E-state index contributed by atoms with van der Waals surface area (Å²) in [6.07, 6.45) is -0.377. The average molecular weight is 328 g/mol. The molecule has 0 saturated heterocycles. The van der Waals surface area contributed by atoms with Crippen LogP contribution in [0.25, 0.3) is 0 Å². The molecule has 0 bridgehead atoms. The van der Waals surface area contributed by atoms with Crippen LogP contribution in [0.1, 0.15) is 40.0 Å². The third kappa shape index (κ3) is 13.9. The third-order valence-corrected chi connectivity index (χ3v) is 2.15. The Morgan fingerprint density at radius 1 is 1.09 bits per heavy atom. The molecule has 0 amide bonds. The topological polar surface area (TPSA) is 141 Å². The van der Waals surface area contributed by atoms with Gasteiger partial charge in [0.2, 0.25) is 0 Å². The molecule has 0 spiro atoms. The maximum Gasteiger partial charge on any atom is 0.508 e. The molecule has 0 radical (unpaired) electrons. The zero-order valence-corrected chi connectivity index (χ0v) is 12.8. The lowest BCUT2D eigenvalue weighted by molar-refractivity contribution is -0.527. The maximum absolute atomic E-state index is 11.3. The molecule has 0 aromatic rings. The van der Waals surface area contributed by atoms with Gasteiger partial charge in [0.1, 0.15) is 18.3 Å². The fourth-order valence-electron chi connectivity index (χ4n) is 1.36. The first-order chi connectivity index (χ1) is 10.1. The smallest absolute Gasteiger partial charge is 0.434 e. The molecular formula is C11H24N2O9. The second-order valence-corrected chi connectivity index (χ2v) is 5.34. The summed E-state index contributed by atoms with van der Waals surface area (Å²) in [5.41, 5.74) is -0.625. The second kappa shape index (κ2) is 10.6. The number of rotatable bonds is 10. The third-order valence-electron chi connectivity index (χ3n) is 2.15. The first kappa shape index (κ1) is 20.9. The fraction of sp³-hybridized carbons (Fsp3) is 0.909. The number of hydrogen-bond acceptors (Lipinski definition) is 11. The van der Waals surface area contributed by atoms with Crippen LogP contribution in [0.3, 0.4) is 0 Å². The van der Waals surface area contributed by atoms with E-state index >= 15 is 0 Å². The van der Waals surface area contributed by atoms with Crippen molar-refractivity contribution in [3.05, 3.63) is 0 Å². The van der Waals surface area contributed by atoms with E-state index in [2.05, 4.69) is 9.68 Å². The van der Waals surface area contributed by atoms with Crippen molar-refractivity contribution < 1.29 is 44.8 Å². The molecule has 11 heteroatoms. The van der Waals surface area contributed by atoms with Gasteiger partial charge in [-0.3, -0.25) is 20.8 Å².